The zero-order valence-corrected chi connectivity index (χ0v) is 14.4. The number of benzene rings is 1. The molecule has 3 rings (SSSR count). The molecule has 0 saturated carbocycles. The van der Waals surface area contributed by atoms with E-state index in [0.717, 1.165) is 5.56 Å². The second kappa shape index (κ2) is 7.35. The lowest BCUT2D eigenvalue weighted by atomic mass is 10.1. The standard InChI is InChI=1S/C19H19N3O4/c1-13(23)21-8-10-22(11-9-21)18(24)15-4-2-14(3-5-15)17-12-16(19(25)26)6-7-20-17/h2-7,12H,8-11H2,1H3,(H,25,26). The number of rotatable bonds is 3. The van der Waals surface area contributed by atoms with Gasteiger partial charge in [0.05, 0.1) is 11.3 Å². The van der Waals surface area contributed by atoms with Gasteiger partial charge in [0, 0.05) is 50.4 Å². The van der Waals surface area contributed by atoms with Crippen LogP contribution in [0.1, 0.15) is 27.6 Å². The lowest BCUT2D eigenvalue weighted by Crippen LogP contribution is -2.50. The van der Waals surface area contributed by atoms with Crippen LogP contribution < -0.4 is 0 Å². The van der Waals surface area contributed by atoms with Crippen LogP contribution >= 0.6 is 0 Å². The molecule has 0 atom stereocenters. The van der Waals surface area contributed by atoms with Gasteiger partial charge in [0.15, 0.2) is 0 Å². The summed E-state index contributed by atoms with van der Waals surface area (Å²) in [6.07, 6.45) is 1.45. The number of piperazine rings is 1. The van der Waals surface area contributed by atoms with Crippen LogP contribution in [0.15, 0.2) is 42.6 Å². The smallest absolute Gasteiger partial charge is 0.335 e. The lowest BCUT2D eigenvalue weighted by Gasteiger charge is -2.34. The number of carbonyl (C=O) groups is 3. The average Bonchev–Trinajstić information content (AvgIpc) is 2.67. The molecule has 0 unspecified atom stereocenters. The molecular formula is C19H19N3O4. The van der Waals surface area contributed by atoms with Gasteiger partial charge in [-0.15, -0.1) is 0 Å². The summed E-state index contributed by atoms with van der Waals surface area (Å²) in [5, 5.41) is 9.07. The van der Waals surface area contributed by atoms with E-state index in [1.807, 2.05) is 0 Å². The van der Waals surface area contributed by atoms with Crippen molar-refractivity contribution in [3.8, 4) is 11.3 Å². The number of carboxylic acid groups (broad SMARTS) is 1. The number of aromatic nitrogens is 1. The Kier molecular flexibility index (Phi) is 4.97. The molecular weight excluding hydrogens is 334 g/mol. The topological polar surface area (TPSA) is 90.8 Å². The first-order valence-corrected chi connectivity index (χ1v) is 8.30. The maximum atomic E-state index is 12.6. The molecule has 1 aliphatic heterocycles. The fourth-order valence-corrected chi connectivity index (χ4v) is 2.91. The zero-order chi connectivity index (χ0) is 18.7. The van der Waals surface area contributed by atoms with Crippen LogP contribution in [0.3, 0.4) is 0 Å². The van der Waals surface area contributed by atoms with Crippen LogP contribution in [0, 0.1) is 0 Å². The number of carbonyl (C=O) groups excluding carboxylic acids is 2. The second-order valence-electron chi connectivity index (χ2n) is 6.11. The van der Waals surface area contributed by atoms with Crippen molar-refractivity contribution in [2.24, 2.45) is 0 Å². The Bertz CT molecular complexity index is 840. The summed E-state index contributed by atoms with van der Waals surface area (Å²) < 4.78 is 0. The monoisotopic (exact) mass is 353 g/mol. The lowest BCUT2D eigenvalue weighted by molar-refractivity contribution is -0.130. The van der Waals surface area contributed by atoms with E-state index in [1.54, 1.807) is 34.1 Å². The van der Waals surface area contributed by atoms with Crippen LogP contribution in [0.5, 0.6) is 0 Å². The molecule has 7 heteroatoms. The molecule has 26 heavy (non-hydrogen) atoms. The summed E-state index contributed by atoms with van der Waals surface area (Å²) in [7, 11) is 0. The Balaban J connectivity index is 1.72. The summed E-state index contributed by atoms with van der Waals surface area (Å²) in [5.74, 6) is -1.06. The first kappa shape index (κ1) is 17.6. The fourth-order valence-electron chi connectivity index (χ4n) is 2.91. The Morgan fingerprint density at radius 3 is 2.12 bits per heavy atom. The molecule has 7 nitrogen and oxygen atoms in total. The van der Waals surface area contributed by atoms with Crippen LogP contribution in [0.25, 0.3) is 11.3 Å². The van der Waals surface area contributed by atoms with Crippen molar-refractivity contribution in [1.29, 1.82) is 0 Å². The normalized spacial score (nSPS) is 14.2. The Morgan fingerprint density at radius 1 is 0.923 bits per heavy atom. The van der Waals surface area contributed by atoms with Crippen LogP contribution in [0.2, 0.25) is 0 Å². The molecule has 1 aliphatic rings. The molecule has 0 spiro atoms. The van der Waals surface area contributed by atoms with Crippen molar-refractivity contribution >= 4 is 17.8 Å². The SMILES string of the molecule is CC(=O)N1CCN(C(=O)c2ccc(-c3cc(C(=O)O)ccn3)cc2)CC1. The van der Waals surface area contributed by atoms with Gasteiger partial charge >= 0.3 is 5.97 Å². The quantitative estimate of drug-likeness (QED) is 0.908. The Hall–Kier alpha value is -3.22. The van der Waals surface area contributed by atoms with E-state index in [-0.39, 0.29) is 17.4 Å². The molecule has 2 amide bonds. The van der Waals surface area contributed by atoms with E-state index in [4.69, 9.17) is 5.11 Å². The maximum Gasteiger partial charge on any atom is 0.335 e. The van der Waals surface area contributed by atoms with Gasteiger partial charge in [-0.2, -0.15) is 0 Å². The molecule has 0 aliphatic carbocycles. The minimum absolute atomic E-state index is 0.0255. The minimum Gasteiger partial charge on any atom is -0.478 e. The summed E-state index contributed by atoms with van der Waals surface area (Å²) in [5.41, 5.74) is 2.00. The Morgan fingerprint density at radius 2 is 1.54 bits per heavy atom. The number of aromatic carboxylic acids is 1. The van der Waals surface area contributed by atoms with Crippen LogP contribution in [-0.2, 0) is 4.79 Å². The highest BCUT2D eigenvalue weighted by Gasteiger charge is 2.23. The summed E-state index contributed by atoms with van der Waals surface area (Å²) >= 11 is 0. The average molecular weight is 353 g/mol. The van der Waals surface area contributed by atoms with Gasteiger partial charge in [0.1, 0.15) is 0 Å². The number of pyridine rings is 1. The molecule has 1 aromatic carbocycles. The predicted octanol–water partition coefficient (Wildman–Crippen LogP) is 1.75. The molecule has 134 valence electrons. The van der Waals surface area contributed by atoms with Gasteiger partial charge in [-0.1, -0.05) is 12.1 Å². The van der Waals surface area contributed by atoms with Crippen LogP contribution in [-0.4, -0.2) is 63.9 Å². The highest BCUT2D eigenvalue weighted by Crippen LogP contribution is 2.19. The van der Waals surface area contributed by atoms with Gasteiger partial charge in [-0.25, -0.2) is 4.79 Å². The van der Waals surface area contributed by atoms with Crippen molar-refractivity contribution in [2.75, 3.05) is 26.2 Å². The zero-order valence-electron chi connectivity index (χ0n) is 14.4. The third kappa shape index (κ3) is 3.72. The molecule has 0 bridgehead atoms. The third-order valence-corrected chi connectivity index (χ3v) is 4.45. The van der Waals surface area contributed by atoms with Crippen molar-refractivity contribution in [1.82, 2.24) is 14.8 Å². The van der Waals surface area contributed by atoms with Crippen molar-refractivity contribution < 1.29 is 19.5 Å². The third-order valence-electron chi connectivity index (χ3n) is 4.45. The first-order valence-electron chi connectivity index (χ1n) is 8.30. The molecule has 1 saturated heterocycles. The van der Waals surface area contributed by atoms with E-state index < -0.39 is 5.97 Å². The molecule has 0 radical (unpaired) electrons. The van der Waals surface area contributed by atoms with E-state index in [0.29, 0.717) is 37.4 Å². The summed E-state index contributed by atoms with van der Waals surface area (Å²) in [6.45, 7) is 3.66. The largest absolute Gasteiger partial charge is 0.478 e. The van der Waals surface area contributed by atoms with Gasteiger partial charge in [0.2, 0.25) is 5.91 Å². The summed E-state index contributed by atoms with van der Waals surface area (Å²) in [4.78, 5) is 42.7. The van der Waals surface area contributed by atoms with Gasteiger partial charge in [-0.3, -0.25) is 14.6 Å². The fraction of sp³-hybridized carbons (Fsp3) is 0.263. The van der Waals surface area contributed by atoms with Crippen molar-refractivity contribution in [2.45, 2.75) is 6.92 Å². The number of amides is 2. The van der Waals surface area contributed by atoms with Crippen molar-refractivity contribution in [3.05, 3.63) is 53.7 Å². The van der Waals surface area contributed by atoms with Crippen molar-refractivity contribution in [3.63, 3.8) is 0 Å². The van der Waals surface area contributed by atoms with Gasteiger partial charge in [0.25, 0.3) is 5.91 Å². The molecule has 2 heterocycles. The maximum absolute atomic E-state index is 12.6. The minimum atomic E-state index is -1.01. The molecule has 2 aromatic rings. The predicted molar refractivity (Wildman–Crippen MR) is 94.8 cm³/mol. The Labute approximate surface area is 150 Å². The summed E-state index contributed by atoms with van der Waals surface area (Å²) in [6, 6.07) is 9.87. The highest BCUT2D eigenvalue weighted by molar-refractivity contribution is 5.95. The van der Waals surface area contributed by atoms with Gasteiger partial charge in [-0.05, 0) is 24.3 Å². The van der Waals surface area contributed by atoms with E-state index in [9.17, 15) is 14.4 Å². The first-order chi connectivity index (χ1) is 12.5. The number of hydrogen-bond donors (Lipinski definition) is 1. The number of hydrogen-bond acceptors (Lipinski definition) is 4. The molecule has 1 fully saturated rings. The number of nitrogens with zero attached hydrogens (tertiary/aromatic N) is 3. The van der Waals surface area contributed by atoms with Gasteiger partial charge < -0.3 is 14.9 Å². The van der Waals surface area contributed by atoms with Crippen LogP contribution in [0.4, 0.5) is 0 Å². The highest BCUT2D eigenvalue weighted by atomic mass is 16.4. The van der Waals surface area contributed by atoms with E-state index in [1.165, 1.54) is 25.3 Å². The van der Waals surface area contributed by atoms with E-state index >= 15 is 0 Å². The molecule has 1 N–H and O–H groups in total. The second-order valence-corrected chi connectivity index (χ2v) is 6.11. The molecule has 1 aromatic heterocycles. The number of carboxylic acids is 1. The van der Waals surface area contributed by atoms with E-state index in [2.05, 4.69) is 4.98 Å².